The van der Waals surface area contributed by atoms with E-state index in [-0.39, 0.29) is 0 Å². The normalized spacial score (nSPS) is 12.6. The lowest BCUT2D eigenvalue weighted by Gasteiger charge is -2.18. The van der Waals surface area contributed by atoms with E-state index >= 15 is 0 Å². The van der Waals surface area contributed by atoms with Crippen molar-refractivity contribution in [1.82, 2.24) is 0 Å². The van der Waals surface area contributed by atoms with Crippen molar-refractivity contribution in [2.45, 2.75) is 33.0 Å². The minimum atomic E-state index is -1.02. The van der Waals surface area contributed by atoms with E-state index in [1.165, 1.54) is 14.0 Å². The molecule has 0 aliphatic rings. The molecule has 144 valence electrons. The highest BCUT2D eigenvalue weighted by molar-refractivity contribution is 6.31. The van der Waals surface area contributed by atoms with Crippen LogP contribution in [0.3, 0.4) is 0 Å². The monoisotopic (exact) mass is 391 g/mol. The maximum atomic E-state index is 12.3. The molecule has 0 radical (unpaired) electrons. The number of benzene rings is 2. The quantitative estimate of drug-likeness (QED) is 0.722. The van der Waals surface area contributed by atoms with Gasteiger partial charge in [-0.3, -0.25) is 4.79 Å². The molecule has 2 atom stereocenters. The molecule has 2 rings (SSSR count). The van der Waals surface area contributed by atoms with Crippen LogP contribution in [0.2, 0.25) is 5.02 Å². The number of anilines is 1. The van der Waals surface area contributed by atoms with Gasteiger partial charge in [0, 0.05) is 5.02 Å². The number of nitrogens with one attached hydrogen (secondary N) is 1. The zero-order valence-corrected chi connectivity index (χ0v) is 16.4. The van der Waals surface area contributed by atoms with Crippen LogP contribution in [0, 0.1) is 6.92 Å². The van der Waals surface area contributed by atoms with E-state index in [9.17, 15) is 9.59 Å². The lowest BCUT2D eigenvalue weighted by Crippen LogP contribution is -2.35. The van der Waals surface area contributed by atoms with Gasteiger partial charge in [-0.25, -0.2) is 4.79 Å². The average molecular weight is 392 g/mol. The summed E-state index contributed by atoms with van der Waals surface area (Å²) in [5.41, 5.74) is 1.40. The number of esters is 1. The number of amides is 1. The molecule has 7 heteroatoms. The van der Waals surface area contributed by atoms with E-state index < -0.39 is 24.1 Å². The summed E-state index contributed by atoms with van der Waals surface area (Å²) >= 11 is 5.94. The van der Waals surface area contributed by atoms with Crippen molar-refractivity contribution < 1.29 is 23.8 Å². The van der Waals surface area contributed by atoms with Crippen LogP contribution in [0.25, 0.3) is 0 Å². The van der Waals surface area contributed by atoms with Gasteiger partial charge in [-0.15, -0.1) is 0 Å². The number of ether oxygens (including phenoxy) is 3. The Morgan fingerprint density at radius 3 is 2.48 bits per heavy atom. The van der Waals surface area contributed by atoms with Crippen molar-refractivity contribution in [2.75, 3.05) is 12.4 Å². The van der Waals surface area contributed by atoms with E-state index in [0.29, 0.717) is 22.2 Å². The molecule has 0 saturated carbocycles. The van der Waals surface area contributed by atoms with E-state index in [0.717, 1.165) is 5.56 Å². The van der Waals surface area contributed by atoms with Crippen molar-refractivity contribution in [3.8, 4) is 11.5 Å². The van der Waals surface area contributed by atoms with Gasteiger partial charge in [0.05, 0.1) is 12.8 Å². The van der Waals surface area contributed by atoms with Crippen LogP contribution in [0.4, 0.5) is 5.69 Å². The summed E-state index contributed by atoms with van der Waals surface area (Å²) in [6, 6.07) is 12.1. The largest absolute Gasteiger partial charge is 0.495 e. The molecule has 2 aromatic carbocycles. The fraction of sp³-hybridized carbons (Fsp3) is 0.300. The Labute approximate surface area is 163 Å². The summed E-state index contributed by atoms with van der Waals surface area (Å²) < 4.78 is 15.9. The molecule has 0 aromatic heterocycles. The molecule has 2 aromatic rings. The molecule has 1 amide bonds. The smallest absolute Gasteiger partial charge is 0.347 e. The van der Waals surface area contributed by atoms with Gasteiger partial charge in [0.25, 0.3) is 5.91 Å². The number of rotatable bonds is 7. The first kappa shape index (κ1) is 20.6. The molecule has 0 fully saturated rings. The zero-order chi connectivity index (χ0) is 20.0. The van der Waals surface area contributed by atoms with Gasteiger partial charge in [0.1, 0.15) is 11.5 Å². The van der Waals surface area contributed by atoms with E-state index in [1.54, 1.807) is 31.2 Å². The van der Waals surface area contributed by atoms with Gasteiger partial charge in [-0.2, -0.15) is 0 Å². The second-order valence-corrected chi connectivity index (χ2v) is 6.43. The lowest BCUT2D eigenvalue weighted by molar-refractivity contribution is -0.159. The van der Waals surface area contributed by atoms with Gasteiger partial charge in [-0.05, 0) is 56.7 Å². The standard InChI is InChI=1S/C20H22ClNO5/c1-12-6-5-7-16(10-12)26-14(3)20(24)27-13(2)19(23)22-17-11-15(21)8-9-18(17)25-4/h5-11,13-14H,1-4H3,(H,22,23)/t13-,14-/m0/s1. The van der Waals surface area contributed by atoms with Gasteiger partial charge < -0.3 is 19.5 Å². The maximum Gasteiger partial charge on any atom is 0.347 e. The van der Waals surface area contributed by atoms with Gasteiger partial charge in [0.15, 0.2) is 12.2 Å². The van der Waals surface area contributed by atoms with E-state index in [1.807, 2.05) is 25.1 Å². The average Bonchev–Trinajstić information content (AvgIpc) is 2.61. The first-order chi connectivity index (χ1) is 12.8. The van der Waals surface area contributed by atoms with Crippen LogP contribution >= 0.6 is 11.6 Å². The summed E-state index contributed by atoms with van der Waals surface area (Å²) in [6.07, 6.45) is -1.88. The van der Waals surface area contributed by atoms with Crippen molar-refractivity contribution in [2.24, 2.45) is 0 Å². The van der Waals surface area contributed by atoms with Gasteiger partial charge >= 0.3 is 5.97 Å². The Morgan fingerprint density at radius 2 is 1.81 bits per heavy atom. The molecule has 0 unspecified atom stereocenters. The van der Waals surface area contributed by atoms with E-state index in [2.05, 4.69) is 5.32 Å². The topological polar surface area (TPSA) is 73.9 Å². The fourth-order valence-corrected chi connectivity index (χ4v) is 2.45. The Balaban J connectivity index is 1.95. The van der Waals surface area contributed by atoms with E-state index in [4.69, 9.17) is 25.8 Å². The lowest BCUT2D eigenvalue weighted by atomic mass is 10.2. The number of hydrogen-bond acceptors (Lipinski definition) is 5. The van der Waals surface area contributed by atoms with Crippen LogP contribution < -0.4 is 14.8 Å². The number of carbonyl (C=O) groups excluding carboxylic acids is 2. The molecular formula is C20H22ClNO5. The molecule has 0 aliphatic heterocycles. The first-order valence-electron chi connectivity index (χ1n) is 8.38. The third-order valence-corrected chi connectivity index (χ3v) is 3.95. The Bertz CT molecular complexity index is 824. The fourth-order valence-electron chi connectivity index (χ4n) is 2.28. The highest BCUT2D eigenvalue weighted by atomic mass is 35.5. The van der Waals surface area contributed by atoms with Crippen LogP contribution in [0.5, 0.6) is 11.5 Å². The molecule has 0 heterocycles. The van der Waals surface area contributed by atoms with Crippen molar-refractivity contribution in [3.05, 3.63) is 53.1 Å². The third-order valence-electron chi connectivity index (χ3n) is 3.72. The van der Waals surface area contributed by atoms with Gasteiger partial charge in [0.2, 0.25) is 0 Å². The molecule has 0 aliphatic carbocycles. The minimum absolute atomic E-state index is 0.391. The van der Waals surface area contributed by atoms with Crippen LogP contribution in [0.1, 0.15) is 19.4 Å². The highest BCUT2D eigenvalue weighted by Gasteiger charge is 2.24. The Hall–Kier alpha value is -2.73. The zero-order valence-electron chi connectivity index (χ0n) is 15.6. The summed E-state index contributed by atoms with van der Waals surface area (Å²) in [5.74, 6) is -0.147. The minimum Gasteiger partial charge on any atom is -0.495 e. The Morgan fingerprint density at radius 1 is 1.07 bits per heavy atom. The number of halogens is 1. The first-order valence-corrected chi connectivity index (χ1v) is 8.76. The van der Waals surface area contributed by atoms with Crippen molar-refractivity contribution in [3.63, 3.8) is 0 Å². The SMILES string of the molecule is COc1ccc(Cl)cc1NC(=O)[C@H](C)OC(=O)[C@H](C)Oc1cccc(C)c1. The predicted octanol–water partition coefficient (Wildman–Crippen LogP) is 3.99. The number of carbonyl (C=O) groups is 2. The molecule has 0 spiro atoms. The highest BCUT2D eigenvalue weighted by Crippen LogP contribution is 2.27. The molecule has 1 N–H and O–H groups in total. The van der Waals surface area contributed by atoms with Crippen LogP contribution in [0.15, 0.2) is 42.5 Å². The number of aryl methyl sites for hydroxylation is 1. The van der Waals surface area contributed by atoms with Crippen LogP contribution in [-0.4, -0.2) is 31.2 Å². The van der Waals surface area contributed by atoms with Crippen LogP contribution in [-0.2, 0) is 14.3 Å². The maximum absolute atomic E-state index is 12.3. The molecular weight excluding hydrogens is 370 g/mol. The summed E-state index contributed by atoms with van der Waals surface area (Å²) in [4.78, 5) is 24.5. The second kappa shape index (κ2) is 9.28. The van der Waals surface area contributed by atoms with Crippen molar-refractivity contribution >= 4 is 29.2 Å². The Kier molecular flexibility index (Phi) is 7.07. The molecule has 27 heavy (non-hydrogen) atoms. The van der Waals surface area contributed by atoms with Gasteiger partial charge in [-0.1, -0.05) is 23.7 Å². The molecule has 0 bridgehead atoms. The number of methoxy groups -OCH3 is 1. The summed E-state index contributed by atoms with van der Waals surface area (Å²) in [5, 5.41) is 3.08. The summed E-state index contributed by atoms with van der Waals surface area (Å²) in [7, 11) is 1.48. The third kappa shape index (κ3) is 5.89. The molecule has 6 nitrogen and oxygen atoms in total. The molecule has 0 saturated heterocycles. The number of hydrogen-bond donors (Lipinski definition) is 1. The summed E-state index contributed by atoms with van der Waals surface area (Å²) in [6.45, 7) is 4.96. The second-order valence-electron chi connectivity index (χ2n) is 5.99. The van der Waals surface area contributed by atoms with Crippen molar-refractivity contribution in [1.29, 1.82) is 0 Å². The predicted molar refractivity (Wildman–Crippen MR) is 103 cm³/mol.